The highest BCUT2D eigenvalue weighted by molar-refractivity contribution is 6.12. The fourth-order valence-corrected chi connectivity index (χ4v) is 6.25. The van der Waals surface area contributed by atoms with Crippen LogP contribution in [-0.4, -0.2) is 37.3 Å². The summed E-state index contributed by atoms with van der Waals surface area (Å²) in [5, 5.41) is 18.8. The van der Waals surface area contributed by atoms with Gasteiger partial charge in [0.05, 0.1) is 28.5 Å². The second-order valence-electron chi connectivity index (χ2n) is 11.4. The maximum absolute atomic E-state index is 12.3. The van der Waals surface area contributed by atoms with E-state index in [4.69, 9.17) is 4.42 Å². The van der Waals surface area contributed by atoms with Gasteiger partial charge in [0.1, 0.15) is 0 Å². The van der Waals surface area contributed by atoms with Gasteiger partial charge in [0.15, 0.2) is 0 Å². The number of aromatic carboxylic acids is 1. The molecule has 0 amide bonds. The first-order valence-corrected chi connectivity index (χ1v) is 16.3. The number of carboxylic acid groups (broad SMARTS) is 1. The summed E-state index contributed by atoms with van der Waals surface area (Å²) >= 11 is 0. The predicted molar refractivity (Wildman–Crippen MR) is 197 cm³/mol. The van der Waals surface area contributed by atoms with Crippen molar-refractivity contribution in [3.63, 3.8) is 0 Å². The molecule has 238 valence electrons. The maximum atomic E-state index is 12.3. The lowest BCUT2D eigenvalue weighted by Gasteiger charge is -2.21. The van der Waals surface area contributed by atoms with Crippen LogP contribution in [0, 0.1) is 0 Å². The first kappa shape index (κ1) is 31.4. The van der Waals surface area contributed by atoms with Gasteiger partial charge in [0, 0.05) is 65.9 Å². The summed E-state index contributed by atoms with van der Waals surface area (Å²) < 4.78 is 6.58. The molecule has 0 spiro atoms. The summed E-state index contributed by atoms with van der Waals surface area (Å²) in [7, 11) is 0. The van der Waals surface area contributed by atoms with Crippen LogP contribution in [0.15, 0.2) is 114 Å². The van der Waals surface area contributed by atoms with Crippen molar-refractivity contribution in [3.8, 4) is 11.1 Å². The predicted octanol–water partition coefficient (Wildman–Crippen LogP) is 10.4. The number of anilines is 6. The number of carboxylic acids is 1. The number of hydrogen-bond donors (Lipinski definition) is 3. The number of nitrogens with one attached hydrogen (secondary N) is 2. The smallest absolute Gasteiger partial charge is 0.363 e. The van der Waals surface area contributed by atoms with Crippen molar-refractivity contribution >= 4 is 62.0 Å². The van der Waals surface area contributed by atoms with E-state index in [9.17, 15) is 9.90 Å². The Kier molecular flexibility index (Phi) is 9.25. The number of carbonyl (C=O) groups is 1. The number of fused-ring (bicyclic) bond motifs is 2. The van der Waals surface area contributed by atoms with Crippen LogP contribution in [0.1, 0.15) is 38.1 Å². The van der Waals surface area contributed by atoms with Crippen LogP contribution >= 0.6 is 0 Å². The van der Waals surface area contributed by atoms with Crippen molar-refractivity contribution in [2.24, 2.45) is 0 Å². The van der Waals surface area contributed by atoms with Crippen molar-refractivity contribution < 1.29 is 14.3 Å². The lowest BCUT2D eigenvalue weighted by molar-refractivity contribution is 0.0697. The number of benzene rings is 5. The number of nitrogens with zero attached hydrogens (tertiary/aromatic N) is 2. The molecule has 0 aliphatic heterocycles. The minimum atomic E-state index is -0.972. The van der Waals surface area contributed by atoms with E-state index in [0.717, 1.165) is 65.3 Å². The van der Waals surface area contributed by atoms with Crippen LogP contribution in [0.25, 0.3) is 33.1 Å². The van der Waals surface area contributed by atoms with Crippen molar-refractivity contribution in [1.82, 2.24) is 0 Å². The molecule has 0 aliphatic carbocycles. The zero-order valence-electron chi connectivity index (χ0n) is 27.4. The van der Waals surface area contributed by atoms with Crippen LogP contribution in [0.2, 0.25) is 0 Å². The minimum absolute atomic E-state index is 0.243. The van der Waals surface area contributed by atoms with Crippen molar-refractivity contribution in [3.05, 3.63) is 115 Å². The topological polar surface area (TPSA) is 79.1 Å². The van der Waals surface area contributed by atoms with Crippen LogP contribution < -0.4 is 20.4 Å². The minimum Gasteiger partial charge on any atom is -0.478 e. The van der Waals surface area contributed by atoms with E-state index < -0.39 is 5.97 Å². The van der Waals surface area contributed by atoms with Crippen LogP contribution in [0.3, 0.4) is 0 Å². The molecule has 0 unspecified atom stereocenters. The normalized spacial score (nSPS) is 11.1. The highest BCUT2D eigenvalue weighted by Crippen LogP contribution is 2.40. The van der Waals surface area contributed by atoms with Crippen molar-refractivity contribution in [2.75, 3.05) is 46.6 Å². The summed E-state index contributed by atoms with van der Waals surface area (Å²) in [5.74, 6) is -0.972. The Morgan fingerprint density at radius 2 is 1.02 bits per heavy atom. The highest BCUT2D eigenvalue weighted by atomic mass is 16.4. The van der Waals surface area contributed by atoms with Crippen LogP contribution in [0.5, 0.6) is 0 Å². The molecule has 6 aromatic rings. The third-order valence-corrected chi connectivity index (χ3v) is 8.72. The van der Waals surface area contributed by atoms with Crippen LogP contribution in [-0.2, 0) is 0 Å². The molecular weight excluding hydrogens is 584 g/mol. The molecule has 0 bridgehead atoms. The quantitative estimate of drug-likeness (QED) is 0.0922. The van der Waals surface area contributed by atoms with Crippen molar-refractivity contribution in [1.29, 1.82) is 0 Å². The lowest BCUT2D eigenvalue weighted by Crippen LogP contribution is -2.21. The van der Waals surface area contributed by atoms with Gasteiger partial charge in [0.25, 0.3) is 0 Å². The molecule has 1 aromatic heterocycles. The van der Waals surface area contributed by atoms with Gasteiger partial charge in [-0.25, -0.2) is 9.21 Å². The second kappa shape index (κ2) is 13.8. The van der Waals surface area contributed by atoms with Crippen molar-refractivity contribution in [2.45, 2.75) is 27.7 Å². The molecule has 0 atom stereocenters. The molecule has 7 nitrogen and oxygen atoms in total. The molecule has 3 N–H and O–H groups in total. The van der Waals surface area contributed by atoms with Crippen LogP contribution in [0.4, 0.5) is 34.1 Å². The number of hydrogen-bond acceptors (Lipinski definition) is 5. The van der Waals surface area contributed by atoms with Gasteiger partial charge in [-0.2, -0.15) is 0 Å². The van der Waals surface area contributed by atoms with E-state index in [0.29, 0.717) is 16.7 Å². The van der Waals surface area contributed by atoms with Gasteiger partial charge >= 0.3 is 17.1 Å². The standard InChI is InChI=1S/C40H40N4O3/c1-5-43(6-2)31-19-13-27(14-20-31)41-29-17-23-35-37(25-29)47-38-26-30(42-28-15-21-32(22-16-28)44(7-3)8-4)18-24-36(38)39(35)33-11-9-10-12-34(33)40(45)46/h9-26,41-42H,5-8H2,1-4H3/p+1. The number of rotatable bonds is 12. The monoisotopic (exact) mass is 625 g/mol. The van der Waals surface area contributed by atoms with E-state index in [1.807, 2.05) is 48.5 Å². The molecule has 6 rings (SSSR count). The Hall–Kier alpha value is -5.56. The SMILES string of the molecule is CCN(CC)c1ccc(Nc2ccc3c(-c4ccccc4C(=O)O)c4ccc(Nc5ccc(N(CC)CC)cc5)cc4[o+]c3c2)cc1. The summed E-state index contributed by atoms with van der Waals surface area (Å²) in [4.78, 5) is 17.0. The Bertz CT molecular complexity index is 1900. The molecule has 5 aromatic carbocycles. The van der Waals surface area contributed by atoms with E-state index in [1.165, 1.54) is 11.4 Å². The molecule has 0 saturated heterocycles. The van der Waals surface area contributed by atoms with E-state index in [-0.39, 0.29) is 5.56 Å². The summed E-state index contributed by atoms with van der Waals surface area (Å²) in [5.41, 5.74) is 9.07. The first-order chi connectivity index (χ1) is 22.9. The van der Waals surface area contributed by atoms with Gasteiger partial charge in [-0.15, -0.1) is 0 Å². The van der Waals surface area contributed by atoms with Gasteiger partial charge < -0.3 is 25.5 Å². The second-order valence-corrected chi connectivity index (χ2v) is 11.4. The summed E-state index contributed by atoms with van der Waals surface area (Å²) in [6, 6.07) is 35.9. The third-order valence-electron chi connectivity index (χ3n) is 8.72. The zero-order chi connectivity index (χ0) is 32.9. The lowest BCUT2D eigenvalue weighted by atomic mass is 9.93. The molecule has 0 aliphatic rings. The fourth-order valence-electron chi connectivity index (χ4n) is 6.25. The Balaban J connectivity index is 1.42. The summed E-state index contributed by atoms with van der Waals surface area (Å²) in [6.45, 7) is 12.5. The average molecular weight is 626 g/mol. The Morgan fingerprint density at radius 1 is 0.596 bits per heavy atom. The molecule has 7 heteroatoms. The van der Waals surface area contributed by atoms with E-state index in [2.05, 4.69) is 96.7 Å². The molecular formula is C40H41N4O3+. The Labute approximate surface area is 276 Å². The Morgan fingerprint density at radius 3 is 1.45 bits per heavy atom. The van der Waals surface area contributed by atoms with E-state index in [1.54, 1.807) is 12.1 Å². The maximum Gasteiger partial charge on any atom is 0.363 e. The molecule has 0 radical (unpaired) electrons. The third kappa shape index (κ3) is 6.56. The zero-order valence-corrected chi connectivity index (χ0v) is 27.4. The molecule has 1 heterocycles. The average Bonchev–Trinajstić information content (AvgIpc) is 3.09. The fraction of sp³-hybridized carbons (Fsp3) is 0.200. The molecule has 0 fully saturated rings. The van der Waals surface area contributed by atoms with Gasteiger partial charge in [-0.05, 0) is 112 Å². The molecule has 0 saturated carbocycles. The van der Waals surface area contributed by atoms with Gasteiger partial charge in [0.2, 0.25) is 0 Å². The van der Waals surface area contributed by atoms with Gasteiger partial charge in [-0.1, -0.05) is 18.2 Å². The molecule has 47 heavy (non-hydrogen) atoms. The first-order valence-electron chi connectivity index (χ1n) is 16.3. The highest BCUT2D eigenvalue weighted by Gasteiger charge is 2.24. The van der Waals surface area contributed by atoms with E-state index >= 15 is 0 Å². The summed E-state index contributed by atoms with van der Waals surface area (Å²) in [6.07, 6.45) is 0. The largest absolute Gasteiger partial charge is 0.478 e. The van der Waals surface area contributed by atoms with Gasteiger partial charge in [-0.3, -0.25) is 0 Å².